The van der Waals surface area contributed by atoms with Crippen molar-refractivity contribution in [3.05, 3.63) is 36.4 Å². The Morgan fingerprint density at radius 3 is 2.47 bits per heavy atom. The summed E-state index contributed by atoms with van der Waals surface area (Å²) in [7, 11) is 1.54. The summed E-state index contributed by atoms with van der Waals surface area (Å²) in [5.74, 6) is -1.53. The minimum Gasteiger partial charge on any atom is -0.496 e. The maximum atomic E-state index is 13.5. The second-order valence-electron chi connectivity index (χ2n) is 12.2. The molecule has 15 nitrogen and oxygen atoms in total. The Kier molecular flexibility index (Phi) is 12.8. The van der Waals surface area contributed by atoms with Crippen LogP contribution in [0.2, 0.25) is 0 Å². The van der Waals surface area contributed by atoms with Crippen LogP contribution in [0.5, 0.6) is 5.75 Å². The van der Waals surface area contributed by atoms with Crippen molar-refractivity contribution in [3.63, 3.8) is 0 Å². The highest BCUT2D eigenvalue weighted by molar-refractivity contribution is 6.01. The second kappa shape index (κ2) is 16.5. The SMILES string of the molecule is COc1cc(NC(=O)[C@H](CCCN=C(N)N)NC(=O)[C@@H]2CCCN2C(=O)CNC(=O)[C@H](C)NC(=O)OC(C)(C)C)cc2ccccc12. The average molecular weight is 655 g/mol. The van der Waals surface area contributed by atoms with Crippen LogP contribution in [0.4, 0.5) is 10.5 Å². The van der Waals surface area contributed by atoms with Crippen LogP contribution in [0.1, 0.15) is 53.4 Å². The molecule has 1 aliphatic rings. The van der Waals surface area contributed by atoms with Gasteiger partial charge in [0.1, 0.15) is 29.5 Å². The molecule has 2 aromatic rings. The lowest BCUT2D eigenvalue weighted by Crippen LogP contribution is -2.54. The quantitative estimate of drug-likeness (QED) is 0.104. The molecular weight excluding hydrogens is 608 g/mol. The summed E-state index contributed by atoms with van der Waals surface area (Å²) in [6.07, 6.45) is 0.795. The van der Waals surface area contributed by atoms with Crippen molar-refractivity contribution in [1.29, 1.82) is 0 Å². The summed E-state index contributed by atoms with van der Waals surface area (Å²) < 4.78 is 10.7. The molecule has 0 aliphatic carbocycles. The van der Waals surface area contributed by atoms with E-state index < -0.39 is 53.4 Å². The van der Waals surface area contributed by atoms with Gasteiger partial charge in [-0.25, -0.2) is 4.79 Å². The second-order valence-corrected chi connectivity index (χ2v) is 12.2. The Hall–Kier alpha value is -5.08. The van der Waals surface area contributed by atoms with Crippen molar-refractivity contribution in [3.8, 4) is 5.75 Å². The Morgan fingerprint density at radius 1 is 1.06 bits per heavy atom. The van der Waals surface area contributed by atoms with Gasteiger partial charge in [-0.1, -0.05) is 24.3 Å². The lowest BCUT2D eigenvalue weighted by molar-refractivity contribution is -0.139. The molecule has 1 aliphatic heterocycles. The first-order valence-electron chi connectivity index (χ1n) is 15.5. The molecule has 0 aromatic heterocycles. The Morgan fingerprint density at radius 2 is 1.79 bits per heavy atom. The number of guanidine groups is 1. The molecule has 0 saturated carbocycles. The highest BCUT2D eigenvalue weighted by Gasteiger charge is 2.36. The van der Waals surface area contributed by atoms with Crippen LogP contribution in [-0.4, -0.2) is 91.1 Å². The number of hydrogen-bond donors (Lipinski definition) is 6. The van der Waals surface area contributed by atoms with Crippen molar-refractivity contribution in [2.24, 2.45) is 16.5 Å². The fourth-order valence-corrected chi connectivity index (χ4v) is 5.09. The zero-order valence-electron chi connectivity index (χ0n) is 27.6. The number of benzene rings is 2. The molecule has 1 heterocycles. The predicted octanol–water partition coefficient (Wildman–Crippen LogP) is 1.35. The number of ether oxygens (including phenoxy) is 2. The molecule has 3 rings (SSSR count). The molecular formula is C32H46N8O7. The van der Waals surface area contributed by atoms with Crippen LogP contribution in [0.25, 0.3) is 10.8 Å². The maximum absolute atomic E-state index is 13.5. The predicted molar refractivity (Wildman–Crippen MR) is 178 cm³/mol. The van der Waals surface area contributed by atoms with E-state index in [4.69, 9.17) is 20.9 Å². The number of carbonyl (C=O) groups is 5. The third kappa shape index (κ3) is 11.0. The summed E-state index contributed by atoms with van der Waals surface area (Å²) in [4.78, 5) is 70.0. The molecule has 1 saturated heterocycles. The van der Waals surface area contributed by atoms with Crippen LogP contribution in [-0.2, 0) is 23.9 Å². The third-order valence-electron chi connectivity index (χ3n) is 7.31. The molecule has 3 atom stereocenters. The minimum absolute atomic E-state index is 0.0829. The lowest BCUT2D eigenvalue weighted by atomic mass is 10.1. The number of likely N-dealkylation sites (tertiary alicyclic amines) is 1. The number of methoxy groups -OCH3 is 1. The van der Waals surface area contributed by atoms with Gasteiger partial charge in [-0.2, -0.15) is 0 Å². The van der Waals surface area contributed by atoms with Gasteiger partial charge in [-0.05, 0) is 64.8 Å². The van der Waals surface area contributed by atoms with Gasteiger partial charge in [-0.3, -0.25) is 24.2 Å². The van der Waals surface area contributed by atoms with Crippen molar-refractivity contribution < 1.29 is 33.4 Å². The monoisotopic (exact) mass is 654 g/mol. The molecule has 0 bridgehead atoms. The number of anilines is 1. The first-order valence-corrected chi connectivity index (χ1v) is 15.5. The van der Waals surface area contributed by atoms with Gasteiger partial charge < -0.3 is 47.1 Å². The van der Waals surface area contributed by atoms with Gasteiger partial charge in [0.2, 0.25) is 23.6 Å². The van der Waals surface area contributed by atoms with E-state index in [1.54, 1.807) is 33.9 Å². The fraction of sp³-hybridized carbons (Fsp3) is 0.500. The summed E-state index contributed by atoms with van der Waals surface area (Å²) in [6.45, 7) is 6.72. The number of fused-ring (bicyclic) bond motifs is 1. The normalized spacial score (nSPS) is 15.6. The number of hydrogen-bond acceptors (Lipinski definition) is 8. The van der Waals surface area contributed by atoms with Crippen LogP contribution in [0, 0.1) is 0 Å². The third-order valence-corrected chi connectivity index (χ3v) is 7.31. The van der Waals surface area contributed by atoms with Gasteiger partial charge in [-0.15, -0.1) is 0 Å². The lowest BCUT2D eigenvalue weighted by Gasteiger charge is -2.27. The molecule has 47 heavy (non-hydrogen) atoms. The van der Waals surface area contributed by atoms with Gasteiger partial charge in [0, 0.05) is 30.2 Å². The van der Waals surface area contributed by atoms with Crippen molar-refractivity contribution in [1.82, 2.24) is 20.9 Å². The van der Waals surface area contributed by atoms with Crippen molar-refractivity contribution in [2.75, 3.05) is 32.1 Å². The van der Waals surface area contributed by atoms with E-state index in [2.05, 4.69) is 26.3 Å². The van der Waals surface area contributed by atoms with Crippen LogP contribution < -0.4 is 37.5 Å². The first kappa shape index (κ1) is 36.4. The van der Waals surface area contributed by atoms with E-state index in [9.17, 15) is 24.0 Å². The number of carbonyl (C=O) groups excluding carboxylic acids is 5. The van der Waals surface area contributed by atoms with Gasteiger partial charge in [0.15, 0.2) is 5.96 Å². The number of alkyl carbamates (subject to hydrolysis) is 1. The Bertz CT molecular complexity index is 1490. The number of aliphatic imine (C=N–C) groups is 1. The minimum atomic E-state index is -0.966. The summed E-state index contributed by atoms with van der Waals surface area (Å²) in [5.41, 5.74) is 10.6. The summed E-state index contributed by atoms with van der Waals surface area (Å²) in [6, 6.07) is 8.32. The molecule has 0 radical (unpaired) electrons. The van der Waals surface area contributed by atoms with E-state index in [1.165, 1.54) is 11.8 Å². The number of nitrogens with two attached hydrogens (primary N) is 2. The maximum Gasteiger partial charge on any atom is 0.408 e. The largest absolute Gasteiger partial charge is 0.496 e. The van der Waals surface area contributed by atoms with Gasteiger partial charge >= 0.3 is 6.09 Å². The topological polar surface area (TPSA) is 220 Å². The molecule has 1 fully saturated rings. The number of nitrogens with zero attached hydrogens (tertiary/aromatic N) is 2. The number of nitrogens with one attached hydrogen (secondary N) is 4. The van der Waals surface area contributed by atoms with E-state index in [1.807, 2.05) is 30.3 Å². The van der Waals surface area contributed by atoms with Crippen molar-refractivity contribution in [2.45, 2.75) is 77.1 Å². The highest BCUT2D eigenvalue weighted by Crippen LogP contribution is 2.30. The van der Waals surface area contributed by atoms with Gasteiger partial charge in [0.05, 0.1) is 13.7 Å². The van der Waals surface area contributed by atoms with Crippen LogP contribution in [0.3, 0.4) is 0 Å². The molecule has 15 heteroatoms. The Balaban J connectivity index is 1.66. The molecule has 8 N–H and O–H groups in total. The number of amides is 5. The molecule has 0 spiro atoms. The summed E-state index contributed by atoms with van der Waals surface area (Å²) in [5, 5.41) is 12.3. The van der Waals surface area contributed by atoms with Crippen LogP contribution >= 0.6 is 0 Å². The van der Waals surface area contributed by atoms with E-state index >= 15 is 0 Å². The molecule has 0 unspecified atom stereocenters. The molecule has 5 amide bonds. The zero-order chi connectivity index (χ0) is 34.7. The first-order chi connectivity index (χ1) is 22.2. The summed E-state index contributed by atoms with van der Waals surface area (Å²) >= 11 is 0. The van der Waals surface area contributed by atoms with Crippen molar-refractivity contribution >= 4 is 52.1 Å². The van der Waals surface area contributed by atoms with E-state index in [-0.39, 0.29) is 25.5 Å². The molecule has 2 aromatic carbocycles. The van der Waals surface area contributed by atoms with Gasteiger partial charge in [0.25, 0.3) is 0 Å². The van der Waals surface area contributed by atoms with E-state index in [0.29, 0.717) is 37.2 Å². The van der Waals surface area contributed by atoms with E-state index in [0.717, 1.165) is 10.8 Å². The molecule has 256 valence electrons. The highest BCUT2D eigenvalue weighted by atomic mass is 16.6. The Labute approximate surface area is 274 Å². The average Bonchev–Trinajstić information content (AvgIpc) is 3.50. The fourth-order valence-electron chi connectivity index (χ4n) is 5.09. The standard InChI is InChI=1S/C32H46N8O7/c1-19(37-31(45)47-32(2,3)4)27(42)36-18-26(41)40-15-9-13-24(40)29(44)39-23(12-8-14-35-30(33)34)28(43)38-21-16-20-10-6-7-11-22(20)25(17-21)46-5/h6-7,10-11,16-17,19,23-24H,8-9,12-15,18H2,1-5H3,(H,36,42)(H,37,45)(H,38,43)(H,39,44)(H4,33,34,35)/t19-,23-,24-/m0/s1. The number of rotatable bonds is 13. The van der Waals surface area contributed by atoms with Crippen LogP contribution in [0.15, 0.2) is 41.4 Å². The zero-order valence-corrected chi connectivity index (χ0v) is 27.6. The smallest absolute Gasteiger partial charge is 0.408 e.